The second-order valence-electron chi connectivity index (χ2n) is 10.6. The van der Waals surface area contributed by atoms with Gasteiger partial charge in [-0.1, -0.05) is 46.5 Å². The Morgan fingerprint density at radius 3 is 1.04 bits per heavy atom. The second-order valence-corrected chi connectivity index (χ2v) is 10.6. The first kappa shape index (κ1) is 45.6. The van der Waals surface area contributed by atoms with Crippen LogP contribution in [0.1, 0.15) is 72.1 Å². The topological polar surface area (TPSA) is 136 Å². The number of carbonyl (C=O) groups is 2. The SMILES string of the molecule is CCCCCC(=O)OCCOCCOCCOCCOCCOCCOCCOCCOCCOCCOC(=O)C(CC)CCCC. The summed E-state index contributed by atoms with van der Waals surface area (Å²) < 4.78 is 59.5. The van der Waals surface area contributed by atoms with Crippen LogP contribution in [0.15, 0.2) is 0 Å². The average molecular weight is 683 g/mol. The summed E-state index contributed by atoms with van der Waals surface area (Å²) in [5.41, 5.74) is 0. The van der Waals surface area contributed by atoms with E-state index >= 15 is 0 Å². The summed E-state index contributed by atoms with van der Waals surface area (Å²) in [5.74, 6) is -0.289. The zero-order valence-electron chi connectivity index (χ0n) is 29.7. The molecule has 0 aliphatic rings. The van der Waals surface area contributed by atoms with Gasteiger partial charge in [0.25, 0.3) is 0 Å². The number of unbranched alkanes of at least 4 members (excludes halogenated alkanes) is 3. The molecule has 0 bridgehead atoms. The smallest absolute Gasteiger partial charge is 0.308 e. The first-order valence-corrected chi connectivity index (χ1v) is 17.7. The van der Waals surface area contributed by atoms with Crippen LogP contribution in [0, 0.1) is 5.92 Å². The molecule has 0 rings (SSSR count). The van der Waals surface area contributed by atoms with Crippen molar-refractivity contribution in [2.45, 2.75) is 72.1 Å². The van der Waals surface area contributed by atoms with Gasteiger partial charge in [-0.15, -0.1) is 0 Å². The zero-order valence-corrected chi connectivity index (χ0v) is 29.7. The number of hydrogen-bond acceptors (Lipinski definition) is 13. The van der Waals surface area contributed by atoms with Gasteiger partial charge in [-0.3, -0.25) is 9.59 Å². The summed E-state index contributed by atoms with van der Waals surface area (Å²) in [6.07, 6.45) is 7.31. The molecule has 0 N–H and O–H groups in total. The van der Waals surface area contributed by atoms with Crippen molar-refractivity contribution in [1.29, 1.82) is 0 Å². The molecule has 0 amide bonds. The minimum Gasteiger partial charge on any atom is -0.463 e. The van der Waals surface area contributed by atoms with Crippen LogP contribution in [0.4, 0.5) is 0 Å². The van der Waals surface area contributed by atoms with Crippen molar-refractivity contribution >= 4 is 11.9 Å². The van der Waals surface area contributed by atoms with Crippen LogP contribution in [0.25, 0.3) is 0 Å². The first-order chi connectivity index (χ1) is 23.2. The van der Waals surface area contributed by atoms with Gasteiger partial charge in [-0.2, -0.15) is 0 Å². The van der Waals surface area contributed by atoms with Crippen molar-refractivity contribution < 1.29 is 61.7 Å². The highest BCUT2D eigenvalue weighted by Gasteiger charge is 2.16. The Bertz CT molecular complexity index is 654. The third-order valence-corrected chi connectivity index (χ3v) is 6.66. The molecular formula is C34H66O13. The molecule has 0 radical (unpaired) electrons. The average Bonchev–Trinajstić information content (AvgIpc) is 3.07. The van der Waals surface area contributed by atoms with Crippen LogP contribution >= 0.6 is 0 Å². The number of esters is 2. The van der Waals surface area contributed by atoms with E-state index in [1.807, 2.05) is 6.92 Å². The fourth-order valence-electron chi connectivity index (χ4n) is 3.93. The molecule has 280 valence electrons. The molecule has 0 heterocycles. The van der Waals surface area contributed by atoms with Crippen molar-refractivity contribution in [3.05, 3.63) is 0 Å². The van der Waals surface area contributed by atoms with Crippen molar-refractivity contribution in [3.8, 4) is 0 Å². The van der Waals surface area contributed by atoms with Gasteiger partial charge in [0.15, 0.2) is 0 Å². The lowest BCUT2D eigenvalue weighted by Crippen LogP contribution is -2.20. The van der Waals surface area contributed by atoms with Crippen molar-refractivity contribution in [2.24, 2.45) is 5.92 Å². The minimum absolute atomic E-state index is 0.00557. The van der Waals surface area contributed by atoms with Gasteiger partial charge < -0.3 is 52.1 Å². The van der Waals surface area contributed by atoms with Crippen molar-refractivity contribution in [2.75, 3.05) is 132 Å². The summed E-state index contributed by atoms with van der Waals surface area (Å²) in [7, 11) is 0. The van der Waals surface area contributed by atoms with E-state index in [2.05, 4.69) is 13.8 Å². The summed E-state index contributed by atoms with van der Waals surface area (Å²) in [6, 6.07) is 0. The van der Waals surface area contributed by atoms with Crippen LogP contribution in [0.5, 0.6) is 0 Å². The lowest BCUT2D eigenvalue weighted by molar-refractivity contribution is -0.150. The molecule has 1 unspecified atom stereocenters. The highest BCUT2D eigenvalue weighted by atomic mass is 16.6. The van der Waals surface area contributed by atoms with Crippen LogP contribution in [-0.4, -0.2) is 144 Å². The molecule has 0 fully saturated rings. The molecule has 0 saturated heterocycles. The molecule has 0 aromatic carbocycles. The van der Waals surface area contributed by atoms with E-state index in [1.165, 1.54) is 0 Å². The standard InChI is InChI=1S/C34H66O13/c1-4-7-9-11-33(35)46-30-28-44-26-24-42-22-20-40-18-16-38-14-12-37-13-15-39-17-19-41-21-23-43-25-27-45-29-31-47-34(36)32(6-3)10-8-5-2/h32H,4-31H2,1-3H3. The molecule has 13 heteroatoms. The van der Waals surface area contributed by atoms with Crippen LogP contribution < -0.4 is 0 Å². The third-order valence-electron chi connectivity index (χ3n) is 6.66. The number of ether oxygens (including phenoxy) is 11. The summed E-state index contributed by atoms with van der Waals surface area (Å²) in [6.45, 7) is 15.2. The molecule has 0 aromatic heterocycles. The maximum absolute atomic E-state index is 12.0. The molecule has 0 aromatic rings. The molecule has 47 heavy (non-hydrogen) atoms. The van der Waals surface area contributed by atoms with E-state index in [0.717, 1.165) is 44.9 Å². The Kier molecular flexibility index (Phi) is 37.8. The molecule has 1 atom stereocenters. The Morgan fingerprint density at radius 2 is 0.723 bits per heavy atom. The fourth-order valence-corrected chi connectivity index (χ4v) is 3.93. The van der Waals surface area contributed by atoms with Gasteiger partial charge in [0.05, 0.1) is 125 Å². The van der Waals surface area contributed by atoms with Crippen molar-refractivity contribution in [3.63, 3.8) is 0 Å². The zero-order chi connectivity index (χ0) is 34.3. The number of hydrogen-bond donors (Lipinski definition) is 0. The minimum atomic E-state index is -0.162. The Morgan fingerprint density at radius 1 is 0.404 bits per heavy atom. The Balaban J connectivity index is 3.17. The predicted octanol–water partition coefficient (Wildman–Crippen LogP) is 4.02. The quantitative estimate of drug-likeness (QED) is 0.0683. The van der Waals surface area contributed by atoms with E-state index in [0.29, 0.717) is 125 Å². The van der Waals surface area contributed by atoms with Crippen LogP contribution in [0.2, 0.25) is 0 Å². The highest BCUT2D eigenvalue weighted by Crippen LogP contribution is 2.14. The van der Waals surface area contributed by atoms with E-state index < -0.39 is 0 Å². The third kappa shape index (κ3) is 35.7. The maximum atomic E-state index is 12.0. The normalized spacial score (nSPS) is 12.0. The molecule has 0 saturated carbocycles. The van der Waals surface area contributed by atoms with Gasteiger partial charge in [0.2, 0.25) is 0 Å². The van der Waals surface area contributed by atoms with Gasteiger partial charge in [-0.25, -0.2) is 0 Å². The van der Waals surface area contributed by atoms with E-state index in [1.54, 1.807) is 0 Å². The monoisotopic (exact) mass is 682 g/mol. The molecule has 0 spiro atoms. The molecular weight excluding hydrogens is 616 g/mol. The molecule has 0 aliphatic heterocycles. The van der Waals surface area contributed by atoms with E-state index in [4.69, 9.17) is 52.1 Å². The van der Waals surface area contributed by atoms with Crippen LogP contribution in [-0.2, 0) is 61.7 Å². The largest absolute Gasteiger partial charge is 0.463 e. The highest BCUT2D eigenvalue weighted by molar-refractivity contribution is 5.72. The second kappa shape index (κ2) is 39.0. The first-order valence-electron chi connectivity index (χ1n) is 17.7. The van der Waals surface area contributed by atoms with E-state index in [-0.39, 0.29) is 31.1 Å². The summed E-state index contributed by atoms with van der Waals surface area (Å²) in [5, 5.41) is 0. The molecule has 13 nitrogen and oxygen atoms in total. The van der Waals surface area contributed by atoms with Gasteiger partial charge in [0.1, 0.15) is 13.2 Å². The fraction of sp³-hybridized carbons (Fsp3) is 0.941. The van der Waals surface area contributed by atoms with Crippen molar-refractivity contribution in [1.82, 2.24) is 0 Å². The summed E-state index contributed by atoms with van der Waals surface area (Å²) in [4.78, 5) is 23.5. The van der Waals surface area contributed by atoms with E-state index in [9.17, 15) is 9.59 Å². The lowest BCUT2D eigenvalue weighted by Gasteiger charge is -2.13. The van der Waals surface area contributed by atoms with Gasteiger partial charge in [-0.05, 0) is 19.3 Å². The predicted molar refractivity (Wildman–Crippen MR) is 177 cm³/mol. The Labute approximate surface area is 283 Å². The lowest BCUT2D eigenvalue weighted by atomic mass is 10.00. The number of carbonyl (C=O) groups excluding carboxylic acids is 2. The van der Waals surface area contributed by atoms with Crippen LogP contribution in [0.3, 0.4) is 0 Å². The van der Waals surface area contributed by atoms with Gasteiger partial charge in [0, 0.05) is 6.42 Å². The number of rotatable bonds is 39. The summed E-state index contributed by atoms with van der Waals surface area (Å²) >= 11 is 0. The van der Waals surface area contributed by atoms with Gasteiger partial charge >= 0.3 is 11.9 Å². The Hall–Kier alpha value is -1.42. The molecule has 0 aliphatic carbocycles. The maximum Gasteiger partial charge on any atom is 0.308 e.